The number of carbonyl (C=O) groups is 3. The van der Waals surface area contributed by atoms with Crippen molar-refractivity contribution in [1.29, 1.82) is 0 Å². The predicted octanol–water partition coefficient (Wildman–Crippen LogP) is -0.671. The van der Waals surface area contributed by atoms with E-state index in [2.05, 4.69) is 4.74 Å². The van der Waals surface area contributed by atoms with Gasteiger partial charge >= 0.3 is 11.9 Å². The first-order valence-corrected chi connectivity index (χ1v) is 4.82. The minimum Gasteiger partial charge on any atom is -0.393 e. The molecule has 2 fully saturated rings. The molecule has 1 aliphatic carbocycles. The number of hydrogen-bond donors (Lipinski definition) is 0. The Bertz CT molecular complexity index is 414. The van der Waals surface area contributed by atoms with Crippen molar-refractivity contribution in [2.45, 2.75) is 6.04 Å². The van der Waals surface area contributed by atoms with Crippen LogP contribution in [0.1, 0.15) is 0 Å². The zero-order valence-electron chi connectivity index (χ0n) is 8.04. The Balaban J connectivity index is 2.12. The fourth-order valence-electron chi connectivity index (χ4n) is 2.71. The molecule has 0 aromatic carbocycles. The maximum absolute atomic E-state index is 11.7. The van der Waals surface area contributed by atoms with Crippen LogP contribution in [0.3, 0.4) is 0 Å². The average molecular weight is 207 g/mol. The number of fused-ring (bicyclic) bond motifs is 1. The third kappa shape index (κ3) is 0.854. The first-order chi connectivity index (χ1) is 7.11. The highest BCUT2D eigenvalue weighted by molar-refractivity contribution is 6.02. The Labute approximate surface area is 85.7 Å². The first-order valence-electron chi connectivity index (χ1n) is 4.82. The van der Waals surface area contributed by atoms with Crippen LogP contribution in [0.2, 0.25) is 0 Å². The third-order valence-electron chi connectivity index (χ3n) is 3.48. The van der Waals surface area contributed by atoms with Gasteiger partial charge < -0.3 is 9.64 Å². The summed E-state index contributed by atoms with van der Waals surface area (Å²) >= 11 is 0. The van der Waals surface area contributed by atoms with E-state index >= 15 is 0 Å². The van der Waals surface area contributed by atoms with Gasteiger partial charge in [0.05, 0.1) is 23.8 Å². The number of likely N-dealkylation sites (N-methyl/N-ethyl adjacent to an activating group) is 1. The second kappa shape index (κ2) is 2.48. The fraction of sp³-hybridized carbons (Fsp3) is 0.500. The van der Waals surface area contributed by atoms with Crippen LogP contribution >= 0.6 is 0 Å². The van der Waals surface area contributed by atoms with Gasteiger partial charge in [-0.15, -0.1) is 0 Å². The van der Waals surface area contributed by atoms with Crippen molar-refractivity contribution < 1.29 is 19.1 Å². The smallest absolute Gasteiger partial charge is 0.319 e. The molecule has 0 radical (unpaired) electrons. The average Bonchev–Trinajstić information content (AvgIpc) is 2.51. The molecule has 78 valence electrons. The van der Waals surface area contributed by atoms with Crippen molar-refractivity contribution >= 4 is 17.8 Å². The largest absolute Gasteiger partial charge is 0.393 e. The quantitative estimate of drug-likeness (QED) is 0.300. The van der Waals surface area contributed by atoms with Crippen LogP contribution < -0.4 is 0 Å². The van der Waals surface area contributed by atoms with Crippen molar-refractivity contribution in [3.8, 4) is 0 Å². The Hall–Kier alpha value is -1.65. The van der Waals surface area contributed by atoms with Gasteiger partial charge in [-0.2, -0.15) is 0 Å². The van der Waals surface area contributed by atoms with E-state index in [1.165, 1.54) is 4.90 Å². The highest BCUT2D eigenvalue weighted by atomic mass is 16.6. The number of ether oxygens (including phenoxy) is 1. The van der Waals surface area contributed by atoms with Gasteiger partial charge in [0.15, 0.2) is 0 Å². The molecule has 5 nitrogen and oxygen atoms in total. The molecule has 3 aliphatic heterocycles. The molecule has 15 heavy (non-hydrogen) atoms. The molecule has 4 aliphatic rings. The minimum atomic E-state index is -0.587. The number of cyclic esters (lactones) is 2. The third-order valence-corrected chi connectivity index (χ3v) is 3.48. The highest BCUT2D eigenvalue weighted by Crippen LogP contribution is 2.43. The number of carbonyl (C=O) groups excluding carboxylic acids is 3. The monoisotopic (exact) mass is 207 g/mol. The van der Waals surface area contributed by atoms with Gasteiger partial charge in [-0.25, -0.2) is 0 Å². The van der Waals surface area contributed by atoms with Crippen molar-refractivity contribution in [2.24, 2.45) is 17.8 Å². The second-order valence-electron chi connectivity index (χ2n) is 4.14. The van der Waals surface area contributed by atoms with Crippen molar-refractivity contribution in [3.63, 3.8) is 0 Å². The molecule has 4 atom stereocenters. The maximum Gasteiger partial charge on any atom is 0.319 e. The Kier molecular flexibility index (Phi) is 1.43. The van der Waals surface area contributed by atoms with E-state index in [-0.39, 0.29) is 11.9 Å². The van der Waals surface area contributed by atoms with Crippen molar-refractivity contribution in [1.82, 2.24) is 4.90 Å². The van der Waals surface area contributed by atoms with Crippen LogP contribution in [0.5, 0.6) is 0 Å². The van der Waals surface area contributed by atoms with Crippen LogP contribution in [0.15, 0.2) is 12.2 Å². The Morgan fingerprint density at radius 1 is 1.13 bits per heavy atom. The number of esters is 2. The van der Waals surface area contributed by atoms with Gasteiger partial charge in [0, 0.05) is 7.05 Å². The first kappa shape index (κ1) is 8.64. The van der Waals surface area contributed by atoms with E-state index in [1.807, 2.05) is 6.08 Å². The zero-order valence-corrected chi connectivity index (χ0v) is 8.04. The molecule has 0 N–H and O–H groups in total. The molecule has 2 bridgehead atoms. The number of nitrogens with zero attached hydrogens (tertiary/aromatic N) is 1. The summed E-state index contributed by atoms with van der Waals surface area (Å²) in [5.74, 6) is -2.74. The van der Waals surface area contributed by atoms with E-state index in [4.69, 9.17) is 0 Å². The standard InChI is InChI=1S/C10H9NO4/c1-11-5-3-2-4(8(11)12)6-7(5)10(14)15-9(6)13/h2-7H,1H3/t4?,5-,6+,7-/m1/s1. The molecule has 0 aromatic heterocycles. The molecular formula is C10H9NO4. The number of piperidine rings is 1. The summed E-state index contributed by atoms with van der Waals surface area (Å²) in [6.45, 7) is 0. The summed E-state index contributed by atoms with van der Waals surface area (Å²) in [5.41, 5.74) is 0. The van der Waals surface area contributed by atoms with Gasteiger partial charge in [0.1, 0.15) is 0 Å². The van der Waals surface area contributed by atoms with Crippen LogP contribution in [-0.4, -0.2) is 35.8 Å². The van der Waals surface area contributed by atoms with E-state index in [9.17, 15) is 14.4 Å². The van der Waals surface area contributed by atoms with Crippen molar-refractivity contribution in [3.05, 3.63) is 12.2 Å². The summed E-state index contributed by atoms with van der Waals surface area (Å²) in [6.07, 6.45) is 3.53. The molecule has 3 heterocycles. The number of amides is 1. The lowest BCUT2D eigenvalue weighted by molar-refractivity contribution is -0.154. The van der Waals surface area contributed by atoms with E-state index < -0.39 is 29.7 Å². The van der Waals surface area contributed by atoms with Crippen LogP contribution in [0.4, 0.5) is 0 Å². The number of hydrogen-bond acceptors (Lipinski definition) is 4. The fourth-order valence-corrected chi connectivity index (χ4v) is 2.71. The Morgan fingerprint density at radius 2 is 1.80 bits per heavy atom. The molecule has 0 spiro atoms. The summed E-state index contributed by atoms with van der Waals surface area (Å²) in [5, 5.41) is 0. The van der Waals surface area contributed by atoms with Gasteiger partial charge in [-0.3, -0.25) is 14.4 Å². The molecule has 2 saturated heterocycles. The minimum absolute atomic E-state index is 0.101. The molecule has 0 aromatic rings. The molecule has 4 rings (SSSR count). The normalized spacial score (nSPS) is 42.2. The zero-order chi connectivity index (χ0) is 10.7. The summed E-state index contributed by atoms with van der Waals surface area (Å²) < 4.78 is 4.59. The van der Waals surface area contributed by atoms with E-state index in [1.54, 1.807) is 13.1 Å². The lowest BCUT2D eigenvalue weighted by atomic mass is 9.70. The van der Waals surface area contributed by atoms with Crippen molar-refractivity contribution in [2.75, 3.05) is 7.05 Å². The Morgan fingerprint density at radius 3 is 2.53 bits per heavy atom. The highest BCUT2D eigenvalue weighted by Gasteiger charge is 2.60. The molecule has 1 amide bonds. The van der Waals surface area contributed by atoms with Crippen LogP contribution in [0.25, 0.3) is 0 Å². The lowest BCUT2D eigenvalue weighted by Gasteiger charge is -2.43. The summed E-state index contributed by atoms with van der Waals surface area (Å²) in [7, 11) is 1.65. The van der Waals surface area contributed by atoms with E-state index in [0.29, 0.717) is 0 Å². The summed E-state index contributed by atoms with van der Waals surface area (Å²) in [4.78, 5) is 36.1. The topological polar surface area (TPSA) is 63.7 Å². The van der Waals surface area contributed by atoms with Gasteiger partial charge in [-0.1, -0.05) is 12.2 Å². The maximum atomic E-state index is 11.7. The molecule has 0 saturated carbocycles. The van der Waals surface area contributed by atoms with Crippen LogP contribution in [0, 0.1) is 17.8 Å². The second-order valence-corrected chi connectivity index (χ2v) is 4.14. The van der Waals surface area contributed by atoms with Gasteiger partial charge in [0.25, 0.3) is 0 Å². The predicted molar refractivity (Wildman–Crippen MR) is 47.3 cm³/mol. The number of rotatable bonds is 0. The van der Waals surface area contributed by atoms with E-state index in [0.717, 1.165) is 0 Å². The molecule has 5 heteroatoms. The van der Waals surface area contributed by atoms with Gasteiger partial charge in [0.2, 0.25) is 5.91 Å². The molecular weight excluding hydrogens is 198 g/mol. The van der Waals surface area contributed by atoms with Gasteiger partial charge in [-0.05, 0) is 0 Å². The lowest BCUT2D eigenvalue weighted by Crippen LogP contribution is -2.57. The molecule has 1 unspecified atom stereocenters. The van der Waals surface area contributed by atoms with Crippen LogP contribution in [-0.2, 0) is 19.1 Å². The SMILES string of the molecule is CN1C(=O)C2C=C[C@@H]1[C@H]1C(=O)OC(=O)[C@@H]21. The summed E-state index contributed by atoms with van der Waals surface area (Å²) in [6, 6.07) is -0.313.